The molecule has 26 heavy (non-hydrogen) atoms. The van der Waals surface area contributed by atoms with Crippen molar-refractivity contribution in [2.75, 3.05) is 18.6 Å². The van der Waals surface area contributed by atoms with Crippen molar-refractivity contribution in [3.05, 3.63) is 24.3 Å². The molecule has 1 unspecified atom stereocenters. The lowest BCUT2D eigenvalue weighted by atomic mass is 9.96. The smallest absolute Gasteiger partial charge is 0.243 e. The van der Waals surface area contributed by atoms with Crippen LogP contribution in [0.4, 0.5) is 5.69 Å². The van der Waals surface area contributed by atoms with Gasteiger partial charge in [0.1, 0.15) is 5.25 Å². The number of nitrogens with zero attached hydrogens (tertiary/aromatic N) is 1. The van der Waals surface area contributed by atoms with Crippen molar-refractivity contribution in [1.82, 2.24) is 4.31 Å². The largest absolute Gasteiger partial charge is 0.325 e. The number of benzene rings is 1. The maximum absolute atomic E-state index is 12.8. The van der Waals surface area contributed by atoms with Crippen LogP contribution >= 0.6 is 0 Å². The van der Waals surface area contributed by atoms with Crippen molar-refractivity contribution in [3.63, 3.8) is 0 Å². The molecule has 1 aliphatic rings. The average Bonchev–Trinajstić information content (AvgIpc) is 2.60. The second kappa shape index (κ2) is 8.06. The molecule has 1 saturated carbocycles. The van der Waals surface area contributed by atoms with Crippen LogP contribution in [0, 0.1) is 0 Å². The van der Waals surface area contributed by atoms with E-state index in [0.717, 1.165) is 38.4 Å². The van der Waals surface area contributed by atoms with Crippen molar-refractivity contribution >= 4 is 31.5 Å². The number of nitrogens with one attached hydrogen (secondary N) is 1. The summed E-state index contributed by atoms with van der Waals surface area (Å²) in [7, 11) is -5.48. The lowest BCUT2D eigenvalue weighted by molar-refractivity contribution is -0.115. The van der Waals surface area contributed by atoms with Crippen LogP contribution < -0.4 is 5.32 Å². The molecule has 0 bridgehead atoms. The molecular formula is C17H26N2O5S2. The summed E-state index contributed by atoms with van der Waals surface area (Å²) < 4.78 is 49.8. The Labute approximate surface area is 155 Å². The first-order valence-electron chi connectivity index (χ1n) is 8.61. The molecule has 1 atom stereocenters. The highest BCUT2D eigenvalue weighted by Gasteiger charge is 2.29. The molecule has 0 aliphatic heterocycles. The number of anilines is 1. The van der Waals surface area contributed by atoms with Gasteiger partial charge in [-0.15, -0.1) is 0 Å². The van der Waals surface area contributed by atoms with Gasteiger partial charge >= 0.3 is 0 Å². The van der Waals surface area contributed by atoms with E-state index in [1.54, 1.807) is 7.05 Å². The van der Waals surface area contributed by atoms with Gasteiger partial charge in [0, 0.05) is 25.0 Å². The summed E-state index contributed by atoms with van der Waals surface area (Å²) in [5.41, 5.74) is 0.352. The fourth-order valence-corrected chi connectivity index (χ4v) is 4.82. The summed E-state index contributed by atoms with van der Waals surface area (Å²) in [5, 5.41) is 1.32. The zero-order chi connectivity index (χ0) is 19.5. The summed E-state index contributed by atoms with van der Waals surface area (Å²) in [4.78, 5) is 12.1. The third-order valence-corrected chi connectivity index (χ3v) is 8.32. The Bertz CT molecular complexity index is 842. The van der Waals surface area contributed by atoms with Gasteiger partial charge in [-0.2, -0.15) is 4.31 Å². The van der Waals surface area contributed by atoms with Gasteiger partial charge in [0.2, 0.25) is 15.9 Å². The van der Waals surface area contributed by atoms with Crippen molar-refractivity contribution in [3.8, 4) is 0 Å². The first-order chi connectivity index (χ1) is 12.0. The van der Waals surface area contributed by atoms with Crippen LogP contribution in [0.2, 0.25) is 0 Å². The van der Waals surface area contributed by atoms with Gasteiger partial charge in [-0.25, -0.2) is 16.8 Å². The number of rotatable bonds is 6. The Balaban J connectivity index is 2.11. The van der Waals surface area contributed by atoms with Gasteiger partial charge in [-0.1, -0.05) is 19.3 Å². The number of carbonyl (C=O) groups excluding carboxylic acids is 1. The molecule has 1 aliphatic carbocycles. The molecule has 0 heterocycles. The number of sulfonamides is 1. The van der Waals surface area contributed by atoms with Gasteiger partial charge in [0.25, 0.3) is 0 Å². The molecule has 0 spiro atoms. The van der Waals surface area contributed by atoms with Crippen LogP contribution in [0.25, 0.3) is 0 Å². The van der Waals surface area contributed by atoms with Crippen molar-refractivity contribution in [2.24, 2.45) is 0 Å². The fourth-order valence-electron chi connectivity index (χ4n) is 2.96. The average molecular weight is 403 g/mol. The Morgan fingerprint density at radius 1 is 1.08 bits per heavy atom. The predicted molar refractivity (Wildman–Crippen MR) is 101 cm³/mol. The van der Waals surface area contributed by atoms with E-state index in [1.165, 1.54) is 35.5 Å². The molecule has 146 valence electrons. The van der Waals surface area contributed by atoms with E-state index in [2.05, 4.69) is 5.32 Å². The summed E-state index contributed by atoms with van der Waals surface area (Å²) >= 11 is 0. The molecule has 1 amide bonds. The molecule has 1 aromatic carbocycles. The SMILES string of the molecule is CC(C(=O)Nc1ccc(S(=O)(=O)N(C)C2CCCCC2)cc1)S(C)(=O)=O. The molecule has 0 radical (unpaired) electrons. The Morgan fingerprint density at radius 2 is 1.62 bits per heavy atom. The molecule has 9 heteroatoms. The minimum Gasteiger partial charge on any atom is -0.325 e. The van der Waals surface area contributed by atoms with E-state index in [-0.39, 0.29) is 10.9 Å². The molecule has 7 nitrogen and oxygen atoms in total. The van der Waals surface area contributed by atoms with Crippen LogP contribution in [0.15, 0.2) is 29.2 Å². The zero-order valence-corrected chi connectivity index (χ0v) is 16.9. The quantitative estimate of drug-likeness (QED) is 0.784. The first-order valence-corrected chi connectivity index (χ1v) is 12.0. The predicted octanol–water partition coefficient (Wildman–Crippen LogP) is 2.01. The minimum absolute atomic E-state index is 0.0174. The van der Waals surface area contributed by atoms with E-state index in [0.29, 0.717) is 5.69 Å². The first kappa shape index (κ1) is 20.9. The second-order valence-electron chi connectivity index (χ2n) is 6.80. The maximum atomic E-state index is 12.8. The van der Waals surface area contributed by atoms with E-state index in [4.69, 9.17) is 0 Å². The third-order valence-electron chi connectivity index (χ3n) is 4.90. The lowest BCUT2D eigenvalue weighted by Gasteiger charge is -2.30. The van der Waals surface area contributed by atoms with Crippen LogP contribution in [0.5, 0.6) is 0 Å². The highest BCUT2D eigenvalue weighted by atomic mass is 32.2. The summed E-state index contributed by atoms with van der Waals surface area (Å²) in [5.74, 6) is -0.651. The topological polar surface area (TPSA) is 101 Å². The number of hydrogen-bond acceptors (Lipinski definition) is 5. The van der Waals surface area contributed by atoms with Gasteiger partial charge in [0.15, 0.2) is 9.84 Å². The molecule has 1 fully saturated rings. The highest BCUT2D eigenvalue weighted by molar-refractivity contribution is 7.92. The molecule has 0 aromatic heterocycles. The Kier molecular flexibility index (Phi) is 6.46. The van der Waals surface area contributed by atoms with Crippen molar-refractivity contribution < 1.29 is 21.6 Å². The monoisotopic (exact) mass is 402 g/mol. The molecule has 2 rings (SSSR count). The van der Waals surface area contributed by atoms with Crippen LogP contribution in [0.1, 0.15) is 39.0 Å². The third kappa shape index (κ3) is 4.83. The van der Waals surface area contributed by atoms with Gasteiger partial charge in [-0.3, -0.25) is 4.79 Å². The Morgan fingerprint density at radius 3 is 2.12 bits per heavy atom. The zero-order valence-electron chi connectivity index (χ0n) is 15.3. The number of hydrogen-bond donors (Lipinski definition) is 1. The molecule has 0 saturated heterocycles. The standard InChI is InChI=1S/C17H26N2O5S2/c1-13(25(3,21)22)17(20)18-14-9-11-16(12-10-14)26(23,24)19(2)15-7-5-4-6-8-15/h9-13,15H,4-8H2,1-3H3,(H,18,20). The number of carbonyl (C=O) groups is 1. The van der Waals surface area contributed by atoms with E-state index >= 15 is 0 Å². The van der Waals surface area contributed by atoms with Gasteiger partial charge in [-0.05, 0) is 44.0 Å². The molecular weight excluding hydrogens is 376 g/mol. The van der Waals surface area contributed by atoms with Crippen molar-refractivity contribution in [1.29, 1.82) is 0 Å². The normalized spacial score (nSPS) is 17.8. The van der Waals surface area contributed by atoms with Crippen LogP contribution in [-0.4, -0.2) is 51.6 Å². The van der Waals surface area contributed by atoms with Crippen LogP contribution in [0.3, 0.4) is 0 Å². The molecule has 1 N–H and O–H groups in total. The second-order valence-corrected chi connectivity index (χ2v) is 11.2. The van der Waals surface area contributed by atoms with Gasteiger partial charge in [0.05, 0.1) is 4.90 Å². The summed E-state index contributed by atoms with van der Waals surface area (Å²) in [6.07, 6.45) is 5.95. The van der Waals surface area contributed by atoms with Gasteiger partial charge < -0.3 is 5.32 Å². The van der Waals surface area contributed by atoms with E-state index in [9.17, 15) is 21.6 Å². The number of amides is 1. The van der Waals surface area contributed by atoms with E-state index < -0.39 is 31.0 Å². The van der Waals surface area contributed by atoms with Crippen molar-refractivity contribution in [2.45, 2.75) is 55.2 Å². The maximum Gasteiger partial charge on any atom is 0.243 e. The minimum atomic E-state index is -3.60. The number of sulfone groups is 1. The van der Waals surface area contributed by atoms with Crippen LogP contribution in [-0.2, 0) is 24.7 Å². The molecule has 1 aromatic rings. The lowest BCUT2D eigenvalue weighted by Crippen LogP contribution is -2.38. The summed E-state index contributed by atoms with van der Waals surface area (Å²) in [6.45, 7) is 1.31. The van der Waals surface area contributed by atoms with E-state index in [1.807, 2.05) is 0 Å². The Hall–Kier alpha value is -1.45. The fraction of sp³-hybridized carbons (Fsp3) is 0.588. The highest BCUT2D eigenvalue weighted by Crippen LogP contribution is 2.27. The summed E-state index contributed by atoms with van der Waals surface area (Å²) in [6, 6.07) is 5.80.